The van der Waals surface area contributed by atoms with E-state index < -0.39 is 5.54 Å². The van der Waals surface area contributed by atoms with Crippen molar-refractivity contribution < 1.29 is 4.79 Å². The minimum atomic E-state index is -0.663. The van der Waals surface area contributed by atoms with E-state index in [1.165, 1.54) is 4.88 Å². The molecule has 0 aliphatic heterocycles. The van der Waals surface area contributed by atoms with E-state index in [0.717, 1.165) is 31.2 Å². The molecule has 1 heterocycles. The van der Waals surface area contributed by atoms with E-state index in [1.54, 1.807) is 11.3 Å². The fraction of sp³-hybridized carbons (Fsp3) is 0.368. The second-order valence-corrected chi connectivity index (χ2v) is 7.17. The number of hydrogen-bond acceptors (Lipinski definition) is 4. The summed E-state index contributed by atoms with van der Waals surface area (Å²) in [6.07, 6.45) is 3.51. The minimum Gasteiger partial charge on any atom is -0.337 e. The maximum atomic E-state index is 12.3. The van der Waals surface area contributed by atoms with Gasteiger partial charge in [-0.05, 0) is 42.7 Å². The summed E-state index contributed by atoms with van der Waals surface area (Å²) >= 11 is 1.67. The molecule has 1 aromatic heterocycles. The van der Waals surface area contributed by atoms with E-state index in [2.05, 4.69) is 34.9 Å². The number of nitrogens with zero attached hydrogens (tertiary/aromatic N) is 1. The lowest BCUT2D eigenvalue weighted by molar-refractivity contribution is -0.121. The van der Waals surface area contributed by atoms with Gasteiger partial charge >= 0.3 is 0 Å². The van der Waals surface area contributed by atoms with Crippen molar-refractivity contribution in [3.05, 3.63) is 58.3 Å². The first-order valence-corrected chi connectivity index (χ1v) is 9.14. The molecule has 0 unspecified atom stereocenters. The van der Waals surface area contributed by atoms with Gasteiger partial charge < -0.3 is 5.32 Å². The van der Waals surface area contributed by atoms with Crippen LogP contribution in [0.3, 0.4) is 0 Å². The predicted molar refractivity (Wildman–Crippen MR) is 95.6 cm³/mol. The summed E-state index contributed by atoms with van der Waals surface area (Å²) < 4.78 is 0. The Hall–Kier alpha value is -2.16. The van der Waals surface area contributed by atoms with Crippen LogP contribution in [-0.4, -0.2) is 18.0 Å². The molecule has 1 saturated carbocycles. The molecule has 5 heteroatoms. The molecule has 1 fully saturated rings. The van der Waals surface area contributed by atoms with Gasteiger partial charge in [-0.25, -0.2) is 0 Å². The fourth-order valence-electron chi connectivity index (χ4n) is 3.23. The van der Waals surface area contributed by atoms with Gasteiger partial charge in [0.05, 0.1) is 18.7 Å². The molecule has 0 bridgehead atoms. The summed E-state index contributed by atoms with van der Waals surface area (Å²) in [5, 5.41) is 17.7. The van der Waals surface area contributed by atoms with Crippen LogP contribution in [0.15, 0.2) is 47.8 Å². The van der Waals surface area contributed by atoms with Crippen molar-refractivity contribution in [1.29, 1.82) is 5.26 Å². The monoisotopic (exact) mass is 339 g/mol. The Morgan fingerprint density at radius 1 is 1.21 bits per heavy atom. The highest BCUT2D eigenvalue weighted by Gasteiger charge is 2.35. The summed E-state index contributed by atoms with van der Waals surface area (Å²) in [5.41, 5.74) is 0.466. The number of carbonyl (C=O) groups is 1. The lowest BCUT2D eigenvalue weighted by Crippen LogP contribution is -2.48. The van der Waals surface area contributed by atoms with Crippen LogP contribution < -0.4 is 10.6 Å². The molecule has 4 nitrogen and oxygen atoms in total. The molecule has 2 N–H and O–H groups in total. The zero-order valence-electron chi connectivity index (χ0n) is 13.5. The van der Waals surface area contributed by atoms with Gasteiger partial charge in [0.25, 0.3) is 0 Å². The molecule has 2 aromatic rings. The van der Waals surface area contributed by atoms with Gasteiger partial charge in [-0.3, -0.25) is 10.1 Å². The third-order valence-corrected chi connectivity index (χ3v) is 5.41. The van der Waals surface area contributed by atoms with Crippen LogP contribution in [0.25, 0.3) is 0 Å². The average Bonchev–Trinajstić information content (AvgIpc) is 3.29. The van der Waals surface area contributed by atoms with Crippen LogP contribution in [0.4, 0.5) is 0 Å². The van der Waals surface area contributed by atoms with Crippen molar-refractivity contribution in [2.45, 2.75) is 37.3 Å². The summed E-state index contributed by atoms with van der Waals surface area (Å²) in [6, 6.07) is 16.5. The Bertz CT molecular complexity index is 700. The minimum absolute atomic E-state index is 0.0152. The SMILES string of the molecule is N#CC1(NC(=O)CN[C@H](c2ccccc2)c2cccs2)CCCC1. The molecular weight excluding hydrogens is 318 g/mol. The quantitative estimate of drug-likeness (QED) is 0.848. The first-order chi connectivity index (χ1) is 11.7. The van der Waals surface area contributed by atoms with Crippen molar-refractivity contribution in [2.75, 3.05) is 6.54 Å². The van der Waals surface area contributed by atoms with Crippen molar-refractivity contribution >= 4 is 17.2 Å². The van der Waals surface area contributed by atoms with E-state index in [4.69, 9.17) is 0 Å². The zero-order chi connectivity index (χ0) is 16.8. The van der Waals surface area contributed by atoms with Crippen LogP contribution in [0, 0.1) is 11.3 Å². The first kappa shape index (κ1) is 16.7. The average molecular weight is 339 g/mol. The van der Waals surface area contributed by atoms with Gasteiger partial charge in [-0.1, -0.05) is 36.4 Å². The highest BCUT2D eigenvalue weighted by molar-refractivity contribution is 7.10. The molecule has 24 heavy (non-hydrogen) atoms. The van der Waals surface area contributed by atoms with Crippen molar-refractivity contribution in [3.63, 3.8) is 0 Å². The van der Waals surface area contributed by atoms with Gasteiger partial charge in [0, 0.05) is 4.88 Å². The van der Waals surface area contributed by atoms with E-state index >= 15 is 0 Å². The summed E-state index contributed by atoms with van der Waals surface area (Å²) in [5.74, 6) is -0.115. The number of rotatable bonds is 6. The normalized spacial score (nSPS) is 17.1. The molecule has 3 rings (SSSR count). The number of benzene rings is 1. The van der Waals surface area contributed by atoms with Crippen LogP contribution >= 0.6 is 11.3 Å². The largest absolute Gasteiger partial charge is 0.337 e. The standard InChI is InChI=1S/C19H21N3OS/c20-14-19(10-4-5-11-19)22-17(23)13-21-18(16-9-6-12-24-16)15-7-2-1-3-8-15/h1-3,6-9,12,18,21H,4-5,10-11,13H2,(H,22,23)/t18-/m1/s1. The Balaban J connectivity index is 1.66. The molecule has 1 atom stereocenters. The molecule has 0 saturated heterocycles. The second-order valence-electron chi connectivity index (χ2n) is 6.19. The van der Waals surface area contributed by atoms with Gasteiger partial charge in [-0.2, -0.15) is 5.26 Å². The Morgan fingerprint density at radius 3 is 2.58 bits per heavy atom. The topological polar surface area (TPSA) is 64.9 Å². The number of nitrogens with one attached hydrogen (secondary N) is 2. The third-order valence-electron chi connectivity index (χ3n) is 4.48. The van der Waals surface area contributed by atoms with E-state index in [1.807, 2.05) is 29.6 Å². The molecule has 124 valence electrons. The molecule has 0 radical (unpaired) electrons. The van der Waals surface area contributed by atoms with Gasteiger partial charge in [-0.15, -0.1) is 11.3 Å². The van der Waals surface area contributed by atoms with Crippen molar-refractivity contribution in [2.24, 2.45) is 0 Å². The van der Waals surface area contributed by atoms with E-state index in [0.29, 0.717) is 0 Å². The van der Waals surface area contributed by atoms with Crippen LogP contribution in [0.2, 0.25) is 0 Å². The van der Waals surface area contributed by atoms with Crippen LogP contribution in [0.5, 0.6) is 0 Å². The molecule has 1 aliphatic carbocycles. The second kappa shape index (κ2) is 7.61. The molecule has 0 spiro atoms. The van der Waals surface area contributed by atoms with Gasteiger partial charge in [0.15, 0.2) is 0 Å². The van der Waals surface area contributed by atoms with Crippen molar-refractivity contribution in [1.82, 2.24) is 10.6 Å². The molecule has 1 aliphatic rings. The summed E-state index contributed by atoms with van der Waals surface area (Å²) in [6.45, 7) is 0.195. The van der Waals surface area contributed by atoms with Gasteiger partial charge in [0.2, 0.25) is 5.91 Å². The maximum absolute atomic E-state index is 12.3. The maximum Gasteiger partial charge on any atom is 0.235 e. The number of carbonyl (C=O) groups excluding carboxylic acids is 1. The van der Waals surface area contributed by atoms with Crippen LogP contribution in [-0.2, 0) is 4.79 Å². The predicted octanol–water partition coefficient (Wildman–Crippen LogP) is 3.38. The zero-order valence-corrected chi connectivity index (χ0v) is 14.3. The molecule has 1 amide bonds. The van der Waals surface area contributed by atoms with Gasteiger partial charge in [0.1, 0.15) is 5.54 Å². The fourth-order valence-corrected chi connectivity index (χ4v) is 4.06. The van der Waals surface area contributed by atoms with E-state index in [-0.39, 0.29) is 18.5 Å². The Labute approximate surface area is 146 Å². The summed E-state index contributed by atoms with van der Waals surface area (Å²) in [7, 11) is 0. The molecule has 1 aromatic carbocycles. The third kappa shape index (κ3) is 3.84. The van der Waals surface area contributed by atoms with Crippen molar-refractivity contribution in [3.8, 4) is 6.07 Å². The van der Waals surface area contributed by atoms with E-state index in [9.17, 15) is 10.1 Å². The number of hydrogen-bond donors (Lipinski definition) is 2. The highest BCUT2D eigenvalue weighted by Crippen LogP contribution is 2.29. The van der Waals surface area contributed by atoms with Crippen LogP contribution in [0.1, 0.15) is 42.2 Å². The first-order valence-electron chi connectivity index (χ1n) is 8.26. The Morgan fingerprint density at radius 2 is 1.96 bits per heavy atom. The number of amides is 1. The Kier molecular flexibility index (Phi) is 5.29. The highest BCUT2D eigenvalue weighted by atomic mass is 32.1. The summed E-state index contributed by atoms with van der Waals surface area (Å²) in [4.78, 5) is 13.5. The molecular formula is C19H21N3OS. The number of thiophene rings is 1. The number of nitriles is 1. The smallest absolute Gasteiger partial charge is 0.235 e. The lowest BCUT2D eigenvalue weighted by Gasteiger charge is -2.23. The lowest BCUT2D eigenvalue weighted by atomic mass is 10.00.